The second-order valence-corrected chi connectivity index (χ2v) is 8.75. The summed E-state index contributed by atoms with van der Waals surface area (Å²) in [6.07, 6.45) is 0. The van der Waals surface area contributed by atoms with E-state index in [1.807, 2.05) is 43.3 Å². The average Bonchev–Trinajstić information content (AvgIpc) is 2.69. The molecule has 0 radical (unpaired) electrons. The number of sulfonamides is 1. The van der Waals surface area contributed by atoms with Crippen LogP contribution in [0.5, 0.6) is 0 Å². The van der Waals surface area contributed by atoms with E-state index in [4.69, 9.17) is 0 Å². The molecule has 0 aliphatic rings. The van der Waals surface area contributed by atoms with Crippen LogP contribution in [0, 0.1) is 13.8 Å². The standard InChI is InChI=1S/C23H24N2O3S/c1-17-12-13-18(2)22(14-17)29(27,28)24-21-11-7-10-20(15-21)23(26)25(3)16-19-8-5-4-6-9-19/h4-15,24H,16H2,1-3H3. The maximum Gasteiger partial charge on any atom is 0.262 e. The van der Waals surface area contributed by atoms with Gasteiger partial charge in [-0.05, 0) is 54.8 Å². The number of benzene rings is 3. The van der Waals surface area contributed by atoms with Crippen LogP contribution in [0.15, 0.2) is 77.7 Å². The first-order valence-corrected chi connectivity index (χ1v) is 10.7. The maximum atomic E-state index is 12.8. The molecular weight excluding hydrogens is 384 g/mol. The first-order valence-electron chi connectivity index (χ1n) is 9.26. The lowest BCUT2D eigenvalue weighted by atomic mass is 10.1. The van der Waals surface area contributed by atoms with Crippen molar-refractivity contribution in [3.8, 4) is 0 Å². The summed E-state index contributed by atoms with van der Waals surface area (Å²) in [4.78, 5) is 14.6. The summed E-state index contributed by atoms with van der Waals surface area (Å²) in [5.74, 6) is -0.179. The van der Waals surface area contributed by atoms with Crippen molar-refractivity contribution in [2.24, 2.45) is 0 Å². The van der Waals surface area contributed by atoms with Crippen molar-refractivity contribution in [3.63, 3.8) is 0 Å². The topological polar surface area (TPSA) is 66.5 Å². The lowest BCUT2D eigenvalue weighted by Crippen LogP contribution is -2.26. The number of hydrogen-bond acceptors (Lipinski definition) is 3. The van der Waals surface area contributed by atoms with Crippen LogP contribution in [0.2, 0.25) is 0 Å². The molecule has 150 valence electrons. The van der Waals surface area contributed by atoms with Gasteiger partial charge in [0, 0.05) is 24.8 Å². The van der Waals surface area contributed by atoms with Crippen LogP contribution in [-0.4, -0.2) is 26.3 Å². The third-order valence-electron chi connectivity index (χ3n) is 4.60. The van der Waals surface area contributed by atoms with E-state index < -0.39 is 10.0 Å². The van der Waals surface area contributed by atoms with E-state index in [0.717, 1.165) is 11.1 Å². The number of carbonyl (C=O) groups excluding carboxylic acids is 1. The van der Waals surface area contributed by atoms with Gasteiger partial charge in [-0.1, -0.05) is 48.5 Å². The Morgan fingerprint density at radius 3 is 2.38 bits per heavy atom. The van der Waals surface area contributed by atoms with Gasteiger partial charge in [-0.15, -0.1) is 0 Å². The molecule has 1 amide bonds. The Hall–Kier alpha value is -3.12. The monoisotopic (exact) mass is 408 g/mol. The Morgan fingerprint density at radius 1 is 0.931 bits per heavy atom. The Morgan fingerprint density at radius 2 is 1.66 bits per heavy atom. The largest absolute Gasteiger partial charge is 0.337 e. The minimum absolute atomic E-state index is 0.179. The Kier molecular flexibility index (Phi) is 6.03. The highest BCUT2D eigenvalue weighted by Gasteiger charge is 2.18. The third kappa shape index (κ3) is 5.03. The van der Waals surface area contributed by atoms with Gasteiger partial charge in [0.15, 0.2) is 0 Å². The molecule has 1 N–H and O–H groups in total. The van der Waals surface area contributed by atoms with E-state index in [0.29, 0.717) is 23.4 Å². The predicted molar refractivity (Wildman–Crippen MR) is 115 cm³/mol. The fraction of sp³-hybridized carbons (Fsp3) is 0.174. The van der Waals surface area contributed by atoms with Crippen LogP contribution in [0.3, 0.4) is 0 Å². The van der Waals surface area contributed by atoms with Gasteiger partial charge in [0.2, 0.25) is 0 Å². The molecule has 0 aliphatic carbocycles. The van der Waals surface area contributed by atoms with Gasteiger partial charge in [-0.3, -0.25) is 9.52 Å². The number of nitrogens with zero attached hydrogens (tertiary/aromatic N) is 1. The SMILES string of the molecule is Cc1ccc(C)c(S(=O)(=O)Nc2cccc(C(=O)N(C)Cc3ccccc3)c2)c1. The zero-order chi connectivity index (χ0) is 21.0. The van der Waals surface area contributed by atoms with Gasteiger partial charge in [0.1, 0.15) is 0 Å². The van der Waals surface area contributed by atoms with Crippen LogP contribution in [0.4, 0.5) is 5.69 Å². The fourth-order valence-electron chi connectivity index (χ4n) is 3.07. The lowest BCUT2D eigenvalue weighted by Gasteiger charge is -2.18. The van der Waals surface area contributed by atoms with Crippen LogP contribution in [0.1, 0.15) is 27.0 Å². The Labute approximate surface area is 172 Å². The maximum absolute atomic E-state index is 12.8. The number of anilines is 1. The van der Waals surface area contributed by atoms with Crippen molar-refractivity contribution in [2.45, 2.75) is 25.3 Å². The van der Waals surface area contributed by atoms with Crippen molar-refractivity contribution in [1.82, 2.24) is 4.90 Å². The fourth-order valence-corrected chi connectivity index (χ4v) is 4.45. The normalized spacial score (nSPS) is 11.1. The third-order valence-corrected chi connectivity index (χ3v) is 6.13. The summed E-state index contributed by atoms with van der Waals surface area (Å²) in [6, 6.07) is 21.5. The molecule has 0 heterocycles. The molecule has 3 aromatic carbocycles. The number of amides is 1. The molecule has 0 fully saturated rings. The lowest BCUT2D eigenvalue weighted by molar-refractivity contribution is 0.0785. The van der Waals surface area contributed by atoms with Crippen LogP contribution < -0.4 is 4.72 Å². The summed E-state index contributed by atoms with van der Waals surface area (Å²) in [5.41, 5.74) is 3.32. The van der Waals surface area contributed by atoms with Crippen molar-refractivity contribution in [2.75, 3.05) is 11.8 Å². The van der Waals surface area contributed by atoms with Crippen molar-refractivity contribution in [3.05, 3.63) is 95.1 Å². The highest BCUT2D eigenvalue weighted by molar-refractivity contribution is 7.92. The van der Waals surface area contributed by atoms with Gasteiger partial charge in [0.25, 0.3) is 15.9 Å². The minimum atomic E-state index is -3.75. The van der Waals surface area contributed by atoms with Crippen LogP contribution in [-0.2, 0) is 16.6 Å². The van der Waals surface area contributed by atoms with Crippen LogP contribution >= 0.6 is 0 Å². The highest BCUT2D eigenvalue weighted by atomic mass is 32.2. The van der Waals surface area contributed by atoms with Gasteiger partial charge in [-0.25, -0.2) is 8.42 Å². The van der Waals surface area contributed by atoms with Crippen molar-refractivity contribution >= 4 is 21.6 Å². The minimum Gasteiger partial charge on any atom is -0.337 e. The molecule has 0 atom stereocenters. The molecular formula is C23H24N2O3S. The van der Waals surface area contributed by atoms with Crippen molar-refractivity contribution < 1.29 is 13.2 Å². The molecule has 0 aromatic heterocycles. The second-order valence-electron chi connectivity index (χ2n) is 7.10. The molecule has 5 nitrogen and oxygen atoms in total. The number of rotatable bonds is 6. The molecule has 0 spiro atoms. The van der Waals surface area contributed by atoms with E-state index >= 15 is 0 Å². The van der Waals surface area contributed by atoms with Gasteiger partial charge in [-0.2, -0.15) is 0 Å². The number of carbonyl (C=O) groups is 1. The van der Waals surface area contributed by atoms with Gasteiger partial charge in [0.05, 0.1) is 4.90 Å². The number of hydrogen-bond donors (Lipinski definition) is 1. The number of aryl methyl sites for hydroxylation is 2. The molecule has 0 saturated heterocycles. The summed E-state index contributed by atoms with van der Waals surface area (Å²) >= 11 is 0. The summed E-state index contributed by atoms with van der Waals surface area (Å²) in [7, 11) is -2.03. The molecule has 0 saturated carbocycles. The quantitative estimate of drug-likeness (QED) is 0.658. The number of nitrogens with one attached hydrogen (secondary N) is 1. The highest BCUT2D eigenvalue weighted by Crippen LogP contribution is 2.22. The molecule has 29 heavy (non-hydrogen) atoms. The zero-order valence-corrected chi connectivity index (χ0v) is 17.5. The zero-order valence-electron chi connectivity index (χ0n) is 16.7. The molecule has 3 aromatic rings. The van der Waals surface area contributed by atoms with Gasteiger partial charge < -0.3 is 4.90 Å². The van der Waals surface area contributed by atoms with E-state index in [2.05, 4.69) is 4.72 Å². The Bertz CT molecular complexity index is 1130. The van der Waals surface area contributed by atoms with Gasteiger partial charge >= 0.3 is 0 Å². The van der Waals surface area contributed by atoms with E-state index in [1.165, 1.54) is 0 Å². The second kappa shape index (κ2) is 8.49. The molecule has 0 bridgehead atoms. The molecule has 0 unspecified atom stereocenters. The van der Waals surface area contributed by atoms with Crippen LogP contribution in [0.25, 0.3) is 0 Å². The first-order chi connectivity index (χ1) is 13.8. The molecule has 3 rings (SSSR count). The van der Waals surface area contributed by atoms with E-state index in [9.17, 15) is 13.2 Å². The van der Waals surface area contributed by atoms with Crippen molar-refractivity contribution in [1.29, 1.82) is 0 Å². The molecule has 0 aliphatic heterocycles. The summed E-state index contributed by atoms with van der Waals surface area (Å²) in [6.45, 7) is 4.07. The van der Waals surface area contributed by atoms with E-state index in [1.54, 1.807) is 55.3 Å². The predicted octanol–water partition coefficient (Wildman–Crippen LogP) is 4.38. The smallest absolute Gasteiger partial charge is 0.262 e. The molecule has 6 heteroatoms. The Balaban J connectivity index is 1.80. The summed E-state index contributed by atoms with van der Waals surface area (Å²) < 4.78 is 28.2. The first kappa shape index (κ1) is 20.6. The summed E-state index contributed by atoms with van der Waals surface area (Å²) in [5, 5.41) is 0. The van der Waals surface area contributed by atoms with E-state index in [-0.39, 0.29) is 10.8 Å². The average molecular weight is 409 g/mol.